The van der Waals surface area contributed by atoms with E-state index in [1.807, 2.05) is 25.1 Å². The molecule has 0 unspecified atom stereocenters. The van der Waals surface area contributed by atoms with Crippen molar-refractivity contribution in [3.8, 4) is 17.5 Å². The number of benzene rings is 1. The molecule has 3 rings (SSSR count). The summed E-state index contributed by atoms with van der Waals surface area (Å²) >= 11 is 0. The normalized spacial score (nSPS) is 10.5. The molecule has 0 bridgehead atoms. The molecule has 0 saturated heterocycles. The second kappa shape index (κ2) is 7.88. The van der Waals surface area contributed by atoms with E-state index in [9.17, 15) is 9.59 Å². The van der Waals surface area contributed by atoms with E-state index in [1.165, 1.54) is 6.39 Å². The van der Waals surface area contributed by atoms with Crippen LogP contribution in [0, 0.1) is 32.1 Å². The Hall–Kier alpha value is -3.73. The number of nitrogens with one attached hydrogen (secondary N) is 2. The van der Waals surface area contributed by atoms with Crippen LogP contribution in [0.2, 0.25) is 0 Å². The van der Waals surface area contributed by atoms with Crippen LogP contribution in [-0.4, -0.2) is 21.1 Å². The van der Waals surface area contributed by atoms with Crippen molar-refractivity contribution in [3.05, 3.63) is 62.9 Å². The van der Waals surface area contributed by atoms with E-state index in [2.05, 4.69) is 20.5 Å². The number of rotatable bonds is 5. The molecule has 2 aromatic heterocycles. The summed E-state index contributed by atoms with van der Waals surface area (Å²) in [5.41, 5.74) is 4.05. The first-order valence-electron chi connectivity index (χ1n) is 8.70. The largest absolute Gasteiger partial charge is 0.423 e. The van der Waals surface area contributed by atoms with Crippen LogP contribution in [0.4, 0.5) is 5.69 Å². The smallest absolute Gasteiger partial charge is 0.266 e. The fourth-order valence-corrected chi connectivity index (χ4v) is 3.06. The Kier molecular flexibility index (Phi) is 5.36. The maximum atomic E-state index is 12.5. The number of aryl methyl sites for hydroxylation is 2. The van der Waals surface area contributed by atoms with Gasteiger partial charge < -0.3 is 14.7 Å². The molecular weight excluding hydrogens is 358 g/mol. The van der Waals surface area contributed by atoms with Crippen molar-refractivity contribution < 1.29 is 9.21 Å². The zero-order valence-corrected chi connectivity index (χ0v) is 15.8. The van der Waals surface area contributed by atoms with E-state index in [0.29, 0.717) is 34.8 Å². The van der Waals surface area contributed by atoms with Gasteiger partial charge in [-0.2, -0.15) is 5.26 Å². The molecule has 0 atom stereocenters. The molecule has 28 heavy (non-hydrogen) atoms. The predicted octanol–water partition coefficient (Wildman–Crippen LogP) is 2.79. The van der Waals surface area contributed by atoms with E-state index < -0.39 is 5.56 Å². The lowest BCUT2D eigenvalue weighted by atomic mass is 9.99. The Bertz CT molecular complexity index is 1120. The van der Waals surface area contributed by atoms with E-state index in [1.54, 1.807) is 19.9 Å². The average molecular weight is 377 g/mol. The first-order chi connectivity index (χ1) is 13.4. The minimum absolute atomic E-state index is 0.0871. The average Bonchev–Trinajstić information content (AvgIpc) is 3.18. The Morgan fingerprint density at radius 3 is 2.79 bits per heavy atom. The van der Waals surface area contributed by atoms with Gasteiger partial charge in [0.05, 0.1) is 0 Å². The number of aromatic amines is 1. The van der Waals surface area contributed by atoms with Crippen LogP contribution in [0.25, 0.3) is 11.5 Å². The quantitative estimate of drug-likeness (QED) is 0.704. The maximum absolute atomic E-state index is 12.5. The summed E-state index contributed by atoms with van der Waals surface area (Å²) < 4.78 is 5.19. The summed E-state index contributed by atoms with van der Waals surface area (Å²) in [6.07, 6.45) is 1.87. The standard InChI is InChI=1S/C20H19N5O3/c1-11-4-5-14(20-25-22-10-28-20)8-17(11)24-18(26)7-6-15-12(2)16(9-21)19(27)23-13(15)3/h4-5,8,10H,6-7H2,1-3H3,(H,23,27)(H,24,26). The topological polar surface area (TPSA) is 125 Å². The number of hydrogen-bond acceptors (Lipinski definition) is 6. The Morgan fingerprint density at radius 1 is 1.32 bits per heavy atom. The first-order valence-corrected chi connectivity index (χ1v) is 8.70. The van der Waals surface area contributed by atoms with Gasteiger partial charge in [-0.1, -0.05) is 6.07 Å². The number of pyridine rings is 1. The van der Waals surface area contributed by atoms with Crippen molar-refractivity contribution >= 4 is 11.6 Å². The fraction of sp³-hybridized carbons (Fsp3) is 0.250. The van der Waals surface area contributed by atoms with Gasteiger partial charge in [0.2, 0.25) is 18.2 Å². The molecule has 142 valence electrons. The van der Waals surface area contributed by atoms with Crippen molar-refractivity contribution in [1.82, 2.24) is 15.2 Å². The summed E-state index contributed by atoms with van der Waals surface area (Å²) in [7, 11) is 0. The third-order valence-corrected chi connectivity index (χ3v) is 4.64. The number of anilines is 1. The third-order valence-electron chi connectivity index (χ3n) is 4.64. The molecular formula is C20H19N5O3. The number of carbonyl (C=O) groups is 1. The van der Waals surface area contributed by atoms with Crippen LogP contribution in [-0.2, 0) is 11.2 Å². The van der Waals surface area contributed by atoms with Gasteiger partial charge in [0.25, 0.3) is 5.56 Å². The minimum Gasteiger partial charge on any atom is -0.423 e. The van der Waals surface area contributed by atoms with Gasteiger partial charge in [0.15, 0.2) is 0 Å². The van der Waals surface area contributed by atoms with Crippen LogP contribution < -0.4 is 10.9 Å². The van der Waals surface area contributed by atoms with E-state index in [0.717, 1.165) is 11.1 Å². The number of hydrogen-bond donors (Lipinski definition) is 2. The molecule has 8 nitrogen and oxygen atoms in total. The molecule has 0 spiro atoms. The highest BCUT2D eigenvalue weighted by Gasteiger charge is 2.14. The van der Waals surface area contributed by atoms with Crippen molar-refractivity contribution in [2.75, 3.05) is 5.32 Å². The molecule has 8 heteroatoms. The molecule has 0 saturated carbocycles. The fourth-order valence-electron chi connectivity index (χ4n) is 3.06. The molecule has 0 fully saturated rings. The Labute approximate surface area is 161 Å². The highest BCUT2D eigenvalue weighted by atomic mass is 16.4. The predicted molar refractivity (Wildman–Crippen MR) is 103 cm³/mol. The highest BCUT2D eigenvalue weighted by Crippen LogP contribution is 2.24. The van der Waals surface area contributed by atoms with Crippen molar-refractivity contribution in [1.29, 1.82) is 5.26 Å². The maximum Gasteiger partial charge on any atom is 0.266 e. The Morgan fingerprint density at radius 2 is 2.11 bits per heavy atom. The Balaban J connectivity index is 1.75. The van der Waals surface area contributed by atoms with Gasteiger partial charge in [-0.15, -0.1) is 10.2 Å². The SMILES string of the molecule is Cc1ccc(-c2nnco2)cc1NC(=O)CCc1c(C)[nH]c(=O)c(C#N)c1C. The lowest BCUT2D eigenvalue weighted by Crippen LogP contribution is -2.18. The van der Waals surface area contributed by atoms with Gasteiger partial charge in [-0.05, 0) is 56.0 Å². The van der Waals surface area contributed by atoms with E-state index in [-0.39, 0.29) is 17.9 Å². The molecule has 2 heterocycles. The molecule has 3 aromatic rings. The van der Waals surface area contributed by atoms with Gasteiger partial charge in [0, 0.05) is 23.4 Å². The van der Waals surface area contributed by atoms with Crippen LogP contribution >= 0.6 is 0 Å². The minimum atomic E-state index is -0.404. The van der Waals surface area contributed by atoms with Crippen LogP contribution in [0.15, 0.2) is 33.8 Å². The molecule has 1 amide bonds. The number of nitriles is 1. The van der Waals surface area contributed by atoms with Gasteiger partial charge in [-0.3, -0.25) is 9.59 Å². The molecule has 1 aromatic carbocycles. The second-order valence-corrected chi connectivity index (χ2v) is 6.49. The number of H-pyrrole nitrogens is 1. The number of carbonyl (C=O) groups excluding carboxylic acids is 1. The van der Waals surface area contributed by atoms with E-state index >= 15 is 0 Å². The zero-order chi connectivity index (χ0) is 20.3. The van der Waals surface area contributed by atoms with Crippen LogP contribution in [0.1, 0.15) is 34.4 Å². The summed E-state index contributed by atoms with van der Waals surface area (Å²) in [6.45, 7) is 5.38. The molecule has 0 aliphatic carbocycles. The lowest BCUT2D eigenvalue weighted by Gasteiger charge is -2.12. The summed E-state index contributed by atoms with van der Waals surface area (Å²) in [6, 6.07) is 7.41. The van der Waals surface area contributed by atoms with Gasteiger partial charge >= 0.3 is 0 Å². The summed E-state index contributed by atoms with van der Waals surface area (Å²) in [4.78, 5) is 27.0. The van der Waals surface area contributed by atoms with Crippen LogP contribution in [0.3, 0.4) is 0 Å². The number of nitrogens with zero attached hydrogens (tertiary/aromatic N) is 3. The molecule has 0 radical (unpaired) electrons. The highest BCUT2D eigenvalue weighted by molar-refractivity contribution is 5.92. The summed E-state index contributed by atoms with van der Waals surface area (Å²) in [5, 5.41) is 19.6. The lowest BCUT2D eigenvalue weighted by molar-refractivity contribution is -0.116. The van der Waals surface area contributed by atoms with Gasteiger partial charge in [-0.25, -0.2) is 0 Å². The second-order valence-electron chi connectivity index (χ2n) is 6.49. The van der Waals surface area contributed by atoms with Crippen molar-refractivity contribution in [2.24, 2.45) is 0 Å². The molecule has 2 N–H and O–H groups in total. The first kappa shape index (κ1) is 19.0. The van der Waals surface area contributed by atoms with Crippen LogP contribution in [0.5, 0.6) is 0 Å². The van der Waals surface area contributed by atoms with Crippen molar-refractivity contribution in [3.63, 3.8) is 0 Å². The zero-order valence-electron chi connectivity index (χ0n) is 15.8. The molecule has 0 aliphatic heterocycles. The van der Waals surface area contributed by atoms with Crippen molar-refractivity contribution in [2.45, 2.75) is 33.6 Å². The number of amides is 1. The molecule has 0 aliphatic rings. The third kappa shape index (κ3) is 3.83. The monoisotopic (exact) mass is 377 g/mol. The number of aromatic nitrogens is 3. The van der Waals surface area contributed by atoms with E-state index in [4.69, 9.17) is 9.68 Å². The summed E-state index contributed by atoms with van der Waals surface area (Å²) in [5.74, 6) is 0.202. The van der Waals surface area contributed by atoms with Gasteiger partial charge in [0.1, 0.15) is 11.6 Å².